The minimum atomic E-state index is -3.64. The summed E-state index contributed by atoms with van der Waals surface area (Å²) < 4.78 is 29.3. The monoisotopic (exact) mass is 461 g/mol. The van der Waals surface area contributed by atoms with Gasteiger partial charge in [0, 0.05) is 18.4 Å². The Morgan fingerprint density at radius 1 is 0.970 bits per heavy atom. The Hall–Kier alpha value is -3.82. The predicted molar refractivity (Wildman–Crippen MR) is 126 cm³/mol. The lowest BCUT2D eigenvalue weighted by atomic mass is 10.2. The van der Waals surface area contributed by atoms with Gasteiger partial charge in [0.1, 0.15) is 0 Å². The molecule has 33 heavy (non-hydrogen) atoms. The van der Waals surface area contributed by atoms with Gasteiger partial charge < -0.3 is 5.32 Å². The van der Waals surface area contributed by atoms with Gasteiger partial charge in [-0.25, -0.2) is 22.8 Å². The first-order valence-electron chi connectivity index (χ1n) is 10.3. The van der Waals surface area contributed by atoms with E-state index in [4.69, 9.17) is 0 Å². The molecule has 0 aliphatic heterocycles. The summed E-state index contributed by atoms with van der Waals surface area (Å²) in [7, 11) is -3.64. The minimum absolute atomic E-state index is 0.132. The molecule has 4 rings (SSSR count). The normalized spacial score (nSPS) is 11.3. The van der Waals surface area contributed by atoms with Gasteiger partial charge in [-0.2, -0.15) is 5.10 Å². The number of hydrogen-bond donors (Lipinski definition) is 2. The van der Waals surface area contributed by atoms with E-state index in [2.05, 4.69) is 20.1 Å². The molecule has 168 valence electrons. The summed E-state index contributed by atoms with van der Waals surface area (Å²) in [5, 5.41) is 7.03. The van der Waals surface area contributed by atoms with Gasteiger partial charge in [-0.3, -0.25) is 4.79 Å². The van der Waals surface area contributed by atoms with Crippen LogP contribution in [-0.2, 0) is 16.4 Å². The summed E-state index contributed by atoms with van der Waals surface area (Å²) in [5.41, 5.74) is 2.58. The van der Waals surface area contributed by atoms with Crippen LogP contribution in [-0.4, -0.2) is 35.6 Å². The van der Waals surface area contributed by atoms with E-state index in [1.165, 1.54) is 18.3 Å². The van der Waals surface area contributed by atoms with Gasteiger partial charge in [-0.1, -0.05) is 36.4 Å². The number of rotatable bonds is 8. The molecule has 0 atom stereocenters. The first kappa shape index (κ1) is 22.4. The predicted octanol–water partition coefficient (Wildman–Crippen LogP) is 3.35. The van der Waals surface area contributed by atoms with E-state index in [9.17, 15) is 13.2 Å². The van der Waals surface area contributed by atoms with Gasteiger partial charge in [-0.15, -0.1) is 0 Å². The average molecular weight is 462 g/mol. The SMILES string of the molecule is Cc1c(C(=O)Nc2ccc(S(=O)(=O)NCCc3ccccc3)cc2)cnn1-c1ccccn1. The molecule has 0 spiro atoms. The molecule has 1 amide bonds. The fourth-order valence-corrected chi connectivity index (χ4v) is 4.35. The van der Waals surface area contributed by atoms with Gasteiger partial charge in [0.2, 0.25) is 10.0 Å². The number of nitrogens with one attached hydrogen (secondary N) is 2. The van der Waals surface area contributed by atoms with Crippen LogP contribution in [0.3, 0.4) is 0 Å². The average Bonchev–Trinajstić information content (AvgIpc) is 3.22. The summed E-state index contributed by atoms with van der Waals surface area (Å²) in [6.45, 7) is 2.08. The first-order valence-corrected chi connectivity index (χ1v) is 11.8. The molecule has 2 N–H and O–H groups in total. The second-order valence-corrected chi connectivity index (χ2v) is 9.12. The number of hydrogen-bond acceptors (Lipinski definition) is 5. The van der Waals surface area contributed by atoms with Gasteiger partial charge in [-0.05, 0) is 55.3 Å². The van der Waals surface area contributed by atoms with E-state index in [0.717, 1.165) is 5.56 Å². The van der Waals surface area contributed by atoms with Crippen LogP contribution in [0.2, 0.25) is 0 Å². The number of pyridine rings is 1. The number of nitrogens with zero attached hydrogens (tertiary/aromatic N) is 3. The summed E-state index contributed by atoms with van der Waals surface area (Å²) in [5.74, 6) is 0.273. The van der Waals surface area contributed by atoms with Crippen LogP contribution < -0.4 is 10.0 Å². The van der Waals surface area contributed by atoms with Gasteiger partial charge >= 0.3 is 0 Å². The third kappa shape index (κ3) is 5.33. The fraction of sp³-hybridized carbons (Fsp3) is 0.125. The molecule has 0 saturated carbocycles. The fourth-order valence-electron chi connectivity index (χ4n) is 3.32. The molecule has 0 radical (unpaired) electrons. The van der Waals surface area contributed by atoms with Crippen molar-refractivity contribution >= 4 is 21.6 Å². The van der Waals surface area contributed by atoms with E-state index in [1.54, 1.807) is 42.1 Å². The second-order valence-electron chi connectivity index (χ2n) is 7.36. The lowest BCUT2D eigenvalue weighted by Gasteiger charge is -2.09. The Kier molecular flexibility index (Phi) is 6.62. The minimum Gasteiger partial charge on any atom is -0.322 e. The molecule has 4 aromatic rings. The Morgan fingerprint density at radius 3 is 2.39 bits per heavy atom. The zero-order valence-electron chi connectivity index (χ0n) is 18.0. The first-order chi connectivity index (χ1) is 15.9. The third-order valence-corrected chi connectivity index (χ3v) is 6.57. The Bertz CT molecular complexity index is 1340. The maximum atomic E-state index is 12.7. The van der Waals surface area contributed by atoms with Crippen molar-refractivity contribution in [2.45, 2.75) is 18.2 Å². The highest BCUT2D eigenvalue weighted by molar-refractivity contribution is 7.89. The molecule has 2 aromatic carbocycles. The number of amides is 1. The number of carbonyl (C=O) groups excluding carboxylic acids is 1. The lowest BCUT2D eigenvalue weighted by Crippen LogP contribution is -2.26. The topological polar surface area (TPSA) is 106 Å². The van der Waals surface area contributed by atoms with Crippen LogP contribution in [0.5, 0.6) is 0 Å². The standard InChI is InChI=1S/C24H23N5O3S/c1-18-22(17-26-29(18)23-9-5-6-15-25-23)24(30)28-20-10-12-21(13-11-20)33(31,32)27-16-14-19-7-3-2-4-8-19/h2-13,15,17,27H,14,16H2,1H3,(H,28,30). The highest BCUT2D eigenvalue weighted by atomic mass is 32.2. The van der Waals surface area contributed by atoms with E-state index in [0.29, 0.717) is 35.7 Å². The number of carbonyl (C=O) groups is 1. The van der Waals surface area contributed by atoms with Crippen LogP contribution in [0, 0.1) is 6.92 Å². The second kappa shape index (κ2) is 9.76. The number of benzene rings is 2. The molecular formula is C24H23N5O3S. The molecular weight excluding hydrogens is 438 g/mol. The van der Waals surface area contributed by atoms with Crippen molar-refractivity contribution in [1.82, 2.24) is 19.5 Å². The van der Waals surface area contributed by atoms with Gasteiger partial charge in [0.05, 0.1) is 22.3 Å². The van der Waals surface area contributed by atoms with E-state index < -0.39 is 10.0 Å². The number of anilines is 1. The Balaban J connectivity index is 1.39. The molecule has 8 nitrogen and oxygen atoms in total. The smallest absolute Gasteiger partial charge is 0.259 e. The van der Waals surface area contributed by atoms with Crippen LogP contribution >= 0.6 is 0 Å². The van der Waals surface area contributed by atoms with Crippen LogP contribution in [0.1, 0.15) is 21.6 Å². The molecule has 9 heteroatoms. The molecule has 0 aliphatic rings. The molecule has 0 saturated heterocycles. The van der Waals surface area contributed by atoms with Crippen LogP contribution in [0.4, 0.5) is 5.69 Å². The van der Waals surface area contributed by atoms with Crippen molar-refractivity contribution in [3.8, 4) is 5.82 Å². The van der Waals surface area contributed by atoms with E-state index in [-0.39, 0.29) is 10.8 Å². The van der Waals surface area contributed by atoms with Gasteiger partial charge in [0.25, 0.3) is 5.91 Å². The van der Waals surface area contributed by atoms with Crippen molar-refractivity contribution in [2.24, 2.45) is 0 Å². The summed E-state index contributed by atoms with van der Waals surface area (Å²) >= 11 is 0. The Morgan fingerprint density at radius 2 is 1.70 bits per heavy atom. The van der Waals surface area contributed by atoms with Gasteiger partial charge in [0.15, 0.2) is 5.82 Å². The van der Waals surface area contributed by atoms with Crippen molar-refractivity contribution in [3.63, 3.8) is 0 Å². The molecule has 0 bridgehead atoms. The summed E-state index contributed by atoms with van der Waals surface area (Å²) in [6.07, 6.45) is 3.73. The third-order valence-electron chi connectivity index (χ3n) is 5.09. The maximum absolute atomic E-state index is 12.7. The van der Waals surface area contributed by atoms with Crippen molar-refractivity contribution in [2.75, 3.05) is 11.9 Å². The van der Waals surface area contributed by atoms with Crippen molar-refractivity contribution < 1.29 is 13.2 Å². The van der Waals surface area contributed by atoms with E-state index >= 15 is 0 Å². The molecule has 2 aromatic heterocycles. The zero-order chi connectivity index (χ0) is 23.3. The largest absolute Gasteiger partial charge is 0.322 e. The molecule has 0 aliphatic carbocycles. The Labute approximate surface area is 192 Å². The highest BCUT2D eigenvalue weighted by Crippen LogP contribution is 2.17. The summed E-state index contributed by atoms with van der Waals surface area (Å²) in [6, 6.07) is 21.1. The summed E-state index contributed by atoms with van der Waals surface area (Å²) in [4.78, 5) is 17.1. The molecule has 2 heterocycles. The quantitative estimate of drug-likeness (QED) is 0.419. The van der Waals surface area contributed by atoms with Crippen LogP contribution in [0.25, 0.3) is 5.82 Å². The number of sulfonamides is 1. The molecule has 0 unspecified atom stereocenters. The highest BCUT2D eigenvalue weighted by Gasteiger charge is 2.17. The molecule has 0 fully saturated rings. The maximum Gasteiger partial charge on any atom is 0.259 e. The van der Waals surface area contributed by atoms with Crippen LogP contribution in [0.15, 0.2) is 90.1 Å². The lowest BCUT2D eigenvalue weighted by molar-refractivity contribution is 0.102. The van der Waals surface area contributed by atoms with Crippen molar-refractivity contribution in [3.05, 3.63) is 102 Å². The zero-order valence-corrected chi connectivity index (χ0v) is 18.8. The van der Waals surface area contributed by atoms with E-state index in [1.807, 2.05) is 36.4 Å². The number of aromatic nitrogens is 3. The van der Waals surface area contributed by atoms with Crippen molar-refractivity contribution in [1.29, 1.82) is 0 Å².